The van der Waals surface area contributed by atoms with Gasteiger partial charge in [0.25, 0.3) is 0 Å². The second-order valence-corrected chi connectivity index (χ2v) is 3.31. The van der Waals surface area contributed by atoms with Crippen LogP contribution in [0.4, 0.5) is 0 Å². The van der Waals surface area contributed by atoms with Crippen molar-refractivity contribution in [2.45, 2.75) is 26.4 Å². The van der Waals surface area contributed by atoms with Crippen LogP contribution in [0.15, 0.2) is 24.3 Å². The minimum atomic E-state index is 0. The van der Waals surface area contributed by atoms with Crippen molar-refractivity contribution in [2.75, 3.05) is 6.54 Å². The molecule has 0 saturated carbocycles. The van der Waals surface area contributed by atoms with Crippen molar-refractivity contribution in [3.63, 3.8) is 0 Å². The molecule has 0 unspecified atom stereocenters. The van der Waals surface area contributed by atoms with Crippen LogP contribution in [0.1, 0.15) is 19.4 Å². The predicted octanol–water partition coefficient (Wildman–Crippen LogP) is 2.40. The molecule has 14 heavy (non-hydrogen) atoms. The molecule has 0 spiro atoms. The highest BCUT2D eigenvalue weighted by atomic mass is 35.5. The zero-order valence-electron chi connectivity index (χ0n) is 8.69. The minimum Gasteiger partial charge on any atom is -0.491 e. The standard InChI is InChI=1S/C11H17NO.ClH/c1-9(2)13-11-6-4-3-5-10(11)7-8-12;/h3-6,9H,7-8,12H2,1-2H3;1H. The molecule has 0 aliphatic carbocycles. The lowest BCUT2D eigenvalue weighted by Crippen LogP contribution is -2.09. The van der Waals surface area contributed by atoms with Crippen LogP contribution in [0.2, 0.25) is 0 Å². The van der Waals surface area contributed by atoms with Gasteiger partial charge in [-0.1, -0.05) is 18.2 Å². The molecular formula is C11H18ClNO. The van der Waals surface area contributed by atoms with E-state index in [2.05, 4.69) is 6.07 Å². The fourth-order valence-electron chi connectivity index (χ4n) is 1.23. The third-order valence-corrected chi connectivity index (χ3v) is 1.75. The van der Waals surface area contributed by atoms with Crippen LogP contribution in [0.25, 0.3) is 0 Å². The van der Waals surface area contributed by atoms with Gasteiger partial charge in [0.1, 0.15) is 5.75 Å². The summed E-state index contributed by atoms with van der Waals surface area (Å²) in [4.78, 5) is 0. The summed E-state index contributed by atoms with van der Waals surface area (Å²) in [5.74, 6) is 0.961. The van der Waals surface area contributed by atoms with Crippen molar-refractivity contribution >= 4 is 12.4 Å². The van der Waals surface area contributed by atoms with Crippen LogP contribution in [-0.2, 0) is 6.42 Å². The molecule has 2 N–H and O–H groups in total. The number of hydrogen-bond acceptors (Lipinski definition) is 2. The van der Waals surface area contributed by atoms with Crippen molar-refractivity contribution < 1.29 is 4.74 Å². The summed E-state index contributed by atoms with van der Waals surface area (Å²) in [6, 6.07) is 8.05. The van der Waals surface area contributed by atoms with Gasteiger partial charge in [-0.25, -0.2) is 0 Å². The van der Waals surface area contributed by atoms with E-state index in [-0.39, 0.29) is 18.5 Å². The molecule has 0 atom stereocenters. The van der Waals surface area contributed by atoms with Gasteiger partial charge in [-0.2, -0.15) is 0 Å². The lowest BCUT2D eigenvalue weighted by atomic mass is 10.1. The Labute approximate surface area is 91.9 Å². The van der Waals surface area contributed by atoms with Gasteiger partial charge in [0.05, 0.1) is 6.10 Å². The molecule has 0 aliphatic rings. The van der Waals surface area contributed by atoms with Gasteiger partial charge in [-0.15, -0.1) is 12.4 Å². The Morgan fingerprint density at radius 3 is 2.50 bits per heavy atom. The van der Waals surface area contributed by atoms with Gasteiger partial charge in [0, 0.05) is 0 Å². The summed E-state index contributed by atoms with van der Waals surface area (Å²) < 4.78 is 5.64. The van der Waals surface area contributed by atoms with Gasteiger partial charge >= 0.3 is 0 Å². The fraction of sp³-hybridized carbons (Fsp3) is 0.455. The second-order valence-electron chi connectivity index (χ2n) is 3.31. The lowest BCUT2D eigenvalue weighted by Gasteiger charge is -2.13. The van der Waals surface area contributed by atoms with E-state index in [0.717, 1.165) is 12.2 Å². The van der Waals surface area contributed by atoms with E-state index >= 15 is 0 Å². The molecule has 1 aromatic carbocycles. The highest BCUT2D eigenvalue weighted by Crippen LogP contribution is 2.19. The van der Waals surface area contributed by atoms with E-state index in [9.17, 15) is 0 Å². The molecule has 0 saturated heterocycles. The zero-order chi connectivity index (χ0) is 9.68. The Kier molecular flexibility index (Phi) is 6.34. The first-order valence-electron chi connectivity index (χ1n) is 4.68. The average molecular weight is 216 g/mol. The van der Waals surface area contributed by atoms with Crippen LogP contribution in [0.5, 0.6) is 5.75 Å². The van der Waals surface area contributed by atoms with E-state index < -0.39 is 0 Å². The molecule has 0 amide bonds. The minimum absolute atomic E-state index is 0. The second kappa shape index (κ2) is 6.68. The quantitative estimate of drug-likeness (QED) is 0.837. The van der Waals surface area contributed by atoms with Gasteiger partial charge in [-0.05, 0) is 38.4 Å². The molecule has 0 aromatic heterocycles. The molecule has 3 heteroatoms. The Hall–Kier alpha value is -0.730. The SMILES string of the molecule is CC(C)Oc1ccccc1CCN.Cl. The largest absolute Gasteiger partial charge is 0.491 e. The maximum Gasteiger partial charge on any atom is 0.122 e. The van der Waals surface area contributed by atoms with E-state index in [1.165, 1.54) is 5.56 Å². The third-order valence-electron chi connectivity index (χ3n) is 1.75. The normalized spacial score (nSPS) is 9.71. The first kappa shape index (κ1) is 13.3. The summed E-state index contributed by atoms with van der Waals surface area (Å²) in [7, 11) is 0. The Balaban J connectivity index is 0.00000169. The lowest BCUT2D eigenvalue weighted by molar-refractivity contribution is 0.240. The topological polar surface area (TPSA) is 35.2 Å². The molecule has 1 rings (SSSR count). The number of hydrogen-bond donors (Lipinski definition) is 1. The number of halogens is 1. The van der Waals surface area contributed by atoms with Crippen molar-refractivity contribution in [2.24, 2.45) is 5.73 Å². The van der Waals surface area contributed by atoms with E-state index in [4.69, 9.17) is 10.5 Å². The predicted molar refractivity (Wildman–Crippen MR) is 62.2 cm³/mol. The maximum absolute atomic E-state index is 5.64. The van der Waals surface area contributed by atoms with Crippen LogP contribution in [-0.4, -0.2) is 12.6 Å². The molecular weight excluding hydrogens is 198 g/mol. The number of rotatable bonds is 4. The van der Waals surface area contributed by atoms with Gasteiger partial charge in [-0.3, -0.25) is 0 Å². The molecule has 2 nitrogen and oxygen atoms in total. The Morgan fingerprint density at radius 1 is 1.29 bits per heavy atom. The number of nitrogens with two attached hydrogens (primary N) is 1. The van der Waals surface area contributed by atoms with Crippen LogP contribution in [0.3, 0.4) is 0 Å². The third kappa shape index (κ3) is 3.99. The highest BCUT2D eigenvalue weighted by molar-refractivity contribution is 5.85. The molecule has 0 heterocycles. The highest BCUT2D eigenvalue weighted by Gasteiger charge is 2.02. The van der Waals surface area contributed by atoms with Crippen molar-refractivity contribution in [1.82, 2.24) is 0 Å². The van der Waals surface area contributed by atoms with E-state index in [1.807, 2.05) is 32.0 Å². The molecule has 0 radical (unpaired) electrons. The smallest absolute Gasteiger partial charge is 0.122 e. The van der Waals surface area contributed by atoms with Crippen LogP contribution in [0, 0.1) is 0 Å². The Morgan fingerprint density at radius 2 is 1.93 bits per heavy atom. The number of ether oxygens (including phenoxy) is 1. The maximum atomic E-state index is 5.64. The van der Waals surface area contributed by atoms with Crippen molar-refractivity contribution in [1.29, 1.82) is 0 Å². The molecule has 0 aliphatic heterocycles. The monoisotopic (exact) mass is 215 g/mol. The molecule has 80 valence electrons. The number of para-hydroxylation sites is 1. The summed E-state index contributed by atoms with van der Waals surface area (Å²) in [6.45, 7) is 4.72. The van der Waals surface area contributed by atoms with E-state index in [1.54, 1.807) is 0 Å². The van der Waals surface area contributed by atoms with Gasteiger partial charge in [0.15, 0.2) is 0 Å². The van der Waals surface area contributed by atoms with E-state index in [0.29, 0.717) is 6.54 Å². The molecule has 1 aromatic rings. The molecule has 0 bridgehead atoms. The van der Waals surface area contributed by atoms with Crippen LogP contribution < -0.4 is 10.5 Å². The van der Waals surface area contributed by atoms with Crippen molar-refractivity contribution in [3.8, 4) is 5.75 Å². The van der Waals surface area contributed by atoms with Gasteiger partial charge < -0.3 is 10.5 Å². The summed E-state index contributed by atoms with van der Waals surface area (Å²) in [5.41, 5.74) is 6.70. The summed E-state index contributed by atoms with van der Waals surface area (Å²) >= 11 is 0. The first-order valence-corrected chi connectivity index (χ1v) is 4.68. The Bertz CT molecular complexity index is 263. The zero-order valence-corrected chi connectivity index (χ0v) is 9.51. The van der Waals surface area contributed by atoms with Crippen LogP contribution >= 0.6 is 12.4 Å². The fourth-order valence-corrected chi connectivity index (χ4v) is 1.23. The summed E-state index contributed by atoms with van der Waals surface area (Å²) in [5, 5.41) is 0. The molecule has 0 fully saturated rings. The van der Waals surface area contributed by atoms with Gasteiger partial charge in [0.2, 0.25) is 0 Å². The average Bonchev–Trinajstić information content (AvgIpc) is 2.08. The number of benzene rings is 1. The summed E-state index contributed by atoms with van der Waals surface area (Å²) in [6.07, 6.45) is 1.10. The van der Waals surface area contributed by atoms with Crippen molar-refractivity contribution in [3.05, 3.63) is 29.8 Å². The first-order chi connectivity index (χ1) is 6.24.